The van der Waals surface area contributed by atoms with Crippen LogP contribution in [0, 0.1) is 0 Å². The highest BCUT2D eigenvalue weighted by Crippen LogP contribution is 2.47. The lowest BCUT2D eigenvalue weighted by atomic mass is 9.86. The lowest BCUT2D eigenvalue weighted by molar-refractivity contribution is 1.54. The largest absolute Gasteiger partial charge is 0.398 e. The molecule has 0 spiro atoms. The summed E-state index contributed by atoms with van der Waals surface area (Å²) >= 11 is 0. The summed E-state index contributed by atoms with van der Waals surface area (Å²) in [6, 6.07) is 40.7. The van der Waals surface area contributed by atoms with Crippen LogP contribution in [-0.4, -0.2) is 4.98 Å². The number of aromatic amines is 1. The summed E-state index contributed by atoms with van der Waals surface area (Å²) in [7, 11) is 0. The number of rotatable bonds is 2. The number of nitrogens with one attached hydrogen (secondary N) is 1. The number of para-hydroxylation sites is 1. The predicted octanol–water partition coefficient (Wildman–Crippen LogP) is 8.54. The fourth-order valence-electron chi connectivity index (χ4n) is 5.45. The molecule has 0 radical (unpaired) electrons. The molecule has 160 valence electrons. The van der Waals surface area contributed by atoms with Crippen molar-refractivity contribution in [2.45, 2.75) is 0 Å². The summed E-state index contributed by atoms with van der Waals surface area (Å²) in [6.07, 6.45) is 0. The molecule has 0 fully saturated rings. The number of hydrogen-bond acceptors (Lipinski definition) is 1. The highest BCUT2D eigenvalue weighted by atomic mass is 14.7. The molecule has 0 aliphatic heterocycles. The van der Waals surface area contributed by atoms with E-state index < -0.39 is 0 Å². The van der Waals surface area contributed by atoms with Gasteiger partial charge in [-0.2, -0.15) is 0 Å². The van der Waals surface area contributed by atoms with Gasteiger partial charge in [-0.15, -0.1) is 0 Å². The van der Waals surface area contributed by atoms with Crippen molar-refractivity contribution in [2.24, 2.45) is 0 Å². The molecule has 7 rings (SSSR count). The van der Waals surface area contributed by atoms with E-state index in [-0.39, 0.29) is 0 Å². The molecular formula is C32H22N2. The van der Waals surface area contributed by atoms with Gasteiger partial charge in [0.05, 0.1) is 5.52 Å². The molecule has 0 atom stereocenters. The summed E-state index contributed by atoms with van der Waals surface area (Å²) in [5.41, 5.74) is 14.5. The molecule has 2 nitrogen and oxygen atoms in total. The van der Waals surface area contributed by atoms with E-state index >= 15 is 0 Å². The van der Waals surface area contributed by atoms with Crippen molar-refractivity contribution in [3.63, 3.8) is 0 Å². The van der Waals surface area contributed by atoms with Crippen molar-refractivity contribution >= 4 is 49.0 Å². The molecule has 7 aromatic rings. The maximum atomic E-state index is 6.93. The first-order chi connectivity index (χ1) is 16.8. The second-order valence-electron chi connectivity index (χ2n) is 8.86. The molecule has 6 aromatic carbocycles. The number of hydrogen-bond donors (Lipinski definition) is 2. The van der Waals surface area contributed by atoms with E-state index in [9.17, 15) is 0 Å². The monoisotopic (exact) mass is 434 g/mol. The van der Waals surface area contributed by atoms with Crippen LogP contribution in [0.2, 0.25) is 0 Å². The van der Waals surface area contributed by atoms with Crippen LogP contribution in [0.4, 0.5) is 5.69 Å². The molecule has 1 aromatic heterocycles. The summed E-state index contributed by atoms with van der Waals surface area (Å²) < 4.78 is 0. The molecule has 0 unspecified atom stereocenters. The summed E-state index contributed by atoms with van der Waals surface area (Å²) in [5, 5.41) is 7.19. The van der Waals surface area contributed by atoms with Crippen LogP contribution in [0.25, 0.3) is 65.6 Å². The number of benzene rings is 6. The van der Waals surface area contributed by atoms with E-state index in [1.807, 2.05) is 0 Å². The third-order valence-corrected chi connectivity index (χ3v) is 6.95. The lowest BCUT2D eigenvalue weighted by Crippen LogP contribution is -1.96. The fourth-order valence-corrected chi connectivity index (χ4v) is 5.45. The minimum atomic E-state index is 0.788. The van der Waals surface area contributed by atoms with Crippen LogP contribution in [0.1, 0.15) is 0 Å². The van der Waals surface area contributed by atoms with Crippen LogP contribution in [0.5, 0.6) is 0 Å². The highest BCUT2D eigenvalue weighted by molar-refractivity contribution is 6.21. The Labute approximate surface area is 197 Å². The first-order valence-corrected chi connectivity index (χ1v) is 11.6. The Bertz CT molecular complexity index is 1860. The second kappa shape index (κ2) is 7.23. The summed E-state index contributed by atoms with van der Waals surface area (Å²) in [6.45, 7) is 0. The number of aromatic nitrogens is 1. The minimum absolute atomic E-state index is 0.788. The van der Waals surface area contributed by atoms with E-state index in [2.05, 4.69) is 120 Å². The Morgan fingerprint density at radius 3 is 1.68 bits per heavy atom. The lowest BCUT2D eigenvalue weighted by Gasteiger charge is -2.18. The van der Waals surface area contributed by atoms with Crippen molar-refractivity contribution < 1.29 is 0 Å². The molecule has 0 saturated carbocycles. The van der Waals surface area contributed by atoms with Gasteiger partial charge >= 0.3 is 0 Å². The van der Waals surface area contributed by atoms with Crippen molar-refractivity contribution in [2.75, 3.05) is 5.73 Å². The standard InChI is InChI=1S/C32H22N2/c33-28-19-27-24-15-5-6-18-29(24)34-32(27)31(26-17-8-12-21-10-2-4-14-23(21)26)30(28)25-16-7-11-20-9-1-3-13-22(20)25/h1-19,34H,33H2. The Hall–Kier alpha value is -4.56. The van der Waals surface area contributed by atoms with Crippen LogP contribution in [-0.2, 0) is 0 Å². The third kappa shape index (κ3) is 2.69. The van der Waals surface area contributed by atoms with Gasteiger partial charge < -0.3 is 10.7 Å². The molecule has 34 heavy (non-hydrogen) atoms. The molecule has 0 aliphatic rings. The Balaban J connectivity index is 1.72. The zero-order chi connectivity index (χ0) is 22.6. The second-order valence-corrected chi connectivity index (χ2v) is 8.86. The zero-order valence-electron chi connectivity index (χ0n) is 18.5. The maximum absolute atomic E-state index is 6.93. The quantitative estimate of drug-likeness (QED) is 0.263. The number of H-pyrrole nitrogens is 1. The predicted molar refractivity (Wildman–Crippen MR) is 146 cm³/mol. The SMILES string of the molecule is Nc1cc2c([nH]c3ccccc32)c(-c2cccc3ccccc23)c1-c1cccc2ccccc12. The summed E-state index contributed by atoms with van der Waals surface area (Å²) in [4.78, 5) is 3.74. The van der Waals surface area contributed by atoms with E-state index in [1.165, 1.54) is 32.5 Å². The first-order valence-electron chi connectivity index (χ1n) is 11.6. The van der Waals surface area contributed by atoms with E-state index in [4.69, 9.17) is 5.73 Å². The van der Waals surface area contributed by atoms with Crippen molar-refractivity contribution in [3.8, 4) is 22.3 Å². The van der Waals surface area contributed by atoms with E-state index in [0.717, 1.165) is 38.8 Å². The van der Waals surface area contributed by atoms with Crippen LogP contribution in [0.3, 0.4) is 0 Å². The molecule has 0 amide bonds. The maximum Gasteiger partial charge on any atom is 0.0552 e. The summed E-state index contributed by atoms with van der Waals surface area (Å²) in [5.74, 6) is 0. The molecule has 0 aliphatic carbocycles. The number of nitrogen functional groups attached to an aromatic ring is 1. The Morgan fingerprint density at radius 1 is 0.471 bits per heavy atom. The van der Waals surface area contributed by atoms with Gasteiger partial charge in [-0.25, -0.2) is 0 Å². The van der Waals surface area contributed by atoms with Gasteiger partial charge in [0.15, 0.2) is 0 Å². The van der Waals surface area contributed by atoms with Crippen molar-refractivity contribution in [1.29, 1.82) is 0 Å². The average molecular weight is 435 g/mol. The topological polar surface area (TPSA) is 41.8 Å². The van der Waals surface area contributed by atoms with Crippen molar-refractivity contribution in [3.05, 3.63) is 115 Å². The molecule has 2 heteroatoms. The Kier molecular flexibility index (Phi) is 4.03. The van der Waals surface area contributed by atoms with Gasteiger partial charge in [0, 0.05) is 33.1 Å². The van der Waals surface area contributed by atoms with Gasteiger partial charge in [0.1, 0.15) is 0 Å². The fraction of sp³-hybridized carbons (Fsp3) is 0. The molecule has 0 bridgehead atoms. The van der Waals surface area contributed by atoms with Crippen molar-refractivity contribution in [1.82, 2.24) is 4.98 Å². The van der Waals surface area contributed by atoms with Crippen LogP contribution < -0.4 is 5.73 Å². The molecule has 1 heterocycles. The van der Waals surface area contributed by atoms with E-state index in [0.29, 0.717) is 0 Å². The number of nitrogens with two attached hydrogens (primary N) is 1. The Morgan fingerprint density at radius 2 is 1.00 bits per heavy atom. The van der Waals surface area contributed by atoms with Crippen LogP contribution in [0.15, 0.2) is 115 Å². The molecular weight excluding hydrogens is 412 g/mol. The van der Waals surface area contributed by atoms with E-state index in [1.54, 1.807) is 0 Å². The molecule has 3 N–H and O–H groups in total. The highest BCUT2D eigenvalue weighted by Gasteiger charge is 2.21. The minimum Gasteiger partial charge on any atom is -0.398 e. The van der Waals surface area contributed by atoms with Crippen LogP contribution >= 0.6 is 0 Å². The van der Waals surface area contributed by atoms with Gasteiger partial charge in [0.25, 0.3) is 0 Å². The van der Waals surface area contributed by atoms with Gasteiger partial charge in [0.2, 0.25) is 0 Å². The smallest absolute Gasteiger partial charge is 0.0552 e. The van der Waals surface area contributed by atoms with Gasteiger partial charge in [-0.3, -0.25) is 0 Å². The average Bonchev–Trinajstić information content (AvgIpc) is 3.25. The normalized spacial score (nSPS) is 11.6. The number of fused-ring (bicyclic) bond motifs is 5. The third-order valence-electron chi connectivity index (χ3n) is 6.95. The first kappa shape index (κ1) is 19.0. The number of anilines is 1. The van der Waals surface area contributed by atoms with Gasteiger partial charge in [-0.05, 0) is 44.8 Å². The zero-order valence-corrected chi connectivity index (χ0v) is 18.5. The molecule has 0 saturated heterocycles. The van der Waals surface area contributed by atoms with Gasteiger partial charge in [-0.1, -0.05) is 103 Å².